The summed E-state index contributed by atoms with van der Waals surface area (Å²) in [6.07, 6.45) is 3.40. The van der Waals surface area contributed by atoms with E-state index in [0.717, 1.165) is 33.4 Å². The van der Waals surface area contributed by atoms with Gasteiger partial charge in [-0.15, -0.1) is 0 Å². The van der Waals surface area contributed by atoms with Gasteiger partial charge in [0.05, 0.1) is 0 Å². The molecule has 0 bridgehead atoms. The fraction of sp³-hybridized carbons (Fsp3) is 0.278. The van der Waals surface area contributed by atoms with Crippen molar-refractivity contribution in [3.05, 3.63) is 129 Å². The third-order valence-corrected chi connectivity index (χ3v) is 7.44. The van der Waals surface area contributed by atoms with Gasteiger partial charge >= 0.3 is 75.7 Å². The zero-order valence-electron chi connectivity index (χ0n) is 27.5. The number of nitrogens with zero attached hydrogens (tertiary/aromatic N) is 2. The van der Waals surface area contributed by atoms with Crippen LogP contribution < -0.4 is 0 Å². The Hall–Kier alpha value is -1.25. The molecule has 4 aromatic rings. The minimum atomic E-state index is -0.826. The maximum atomic E-state index is 10.6. The van der Waals surface area contributed by atoms with Crippen LogP contribution in [0.5, 0.6) is 11.5 Å². The molecule has 4 aromatic carbocycles. The van der Waals surface area contributed by atoms with Crippen molar-refractivity contribution in [2.45, 2.75) is 52.4 Å². The summed E-state index contributed by atoms with van der Waals surface area (Å²) in [6, 6.07) is 28.5. The summed E-state index contributed by atoms with van der Waals surface area (Å²) in [6.45, 7) is 12.6. The molecule has 0 fully saturated rings. The Morgan fingerprint density at radius 2 is 0.848 bits per heavy atom. The van der Waals surface area contributed by atoms with E-state index >= 15 is 0 Å². The molecule has 0 heterocycles. The summed E-state index contributed by atoms with van der Waals surface area (Å²) in [7, 11) is 23.2. The molecule has 0 amide bonds. The van der Waals surface area contributed by atoms with E-state index in [1.54, 1.807) is 26.5 Å². The predicted molar refractivity (Wildman–Crippen MR) is 193 cm³/mol. The fourth-order valence-electron chi connectivity index (χ4n) is 5.06. The van der Waals surface area contributed by atoms with Crippen molar-refractivity contribution in [3.8, 4) is 11.5 Å². The van der Waals surface area contributed by atoms with Crippen LogP contribution in [-0.4, -0.2) is 36.7 Å². The Bertz CT molecular complexity index is 1430. The van der Waals surface area contributed by atoms with Crippen molar-refractivity contribution in [2.75, 3.05) is 14.1 Å². The van der Waals surface area contributed by atoms with Crippen molar-refractivity contribution in [2.24, 2.45) is 9.98 Å². The van der Waals surface area contributed by atoms with E-state index in [4.69, 9.17) is 34.1 Å². The summed E-state index contributed by atoms with van der Waals surface area (Å²) in [5.41, 5.74) is 7.49. The van der Waals surface area contributed by atoms with Crippen LogP contribution >= 0.6 is 34.1 Å². The van der Waals surface area contributed by atoms with E-state index in [0.29, 0.717) is 11.5 Å². The Labute approximate surface area is 312 Å². The van der Waals surface area contributed by atoms with Crippen LogP contribution in [0.4, 0.5) is 0 Å². The second kappa shape index (κ2) is 21.7. The third kappa shape index (κ3) is 12.6. The molecule has 0 spiro atoms. The first-order chi connectivity index (χ1) is 21.8. The maximum absolute atomic E-state index is 10.6. The molecule has 0 aliphatic carbocycles. The number of halogens is 4. The van der Waals surface area contributed by atoms with Crippen LogP contribution in [0.3, 0.4) is 0 Å². The van der Waals surface area contributed by atoms with Crippen molar-refractivity contribution in [3.63, 3.8) is 0 Å². The van der Waals surface area contributed by atoms with E-state index in [1.807, 2.05) is 62.4 Å². The second-order valence-corrected chi connectivity index (χ2v) is 18.9. The third-order valence-electron chi connectivity index (χ3n) is 7.44. The summed E-state index contributed by atoms with van der Waals surface area (Å²) >= 11 is -1.65. The first-order valence-electron chi connectivity index (χ1n) is 14.3. The molecule has 0 aliphatic rings. The average Bonchev–Trinajstić information content (AvgIpc) is 3.02. The Kier molecular flexibility index (Phi) is 20.1. The van der Waals surface area contributed by atoms with Crippen molar-refractivity contribution in [1.82, 2.24) is 0 Å². The average molecular weight is 859 g/mol. The van der Waals surface area contributed by atoms with Gasteiger partial charge in [0.25, 0.3) is 0 Å². The molecule has 0 atom stereocenters. The van der Waals surface area contributed by atoms with Gasteiger partial charge in [-0.2, -0.15) is 0 Å². The molecule has 0 unspecified atom stereocenters. The van der Waals surface area contributed by atoms with Crippen molar-refractivity contribution >= 4 is 46.5 Å². The molecule has 0 aromatic heterocycles. The first-order valence-corrected chi connectivity index (χ1v) is 27.0. The number of aromatic hydroxyl groups is 2. The standard InChI is InChI=1S/2C18H21NO.4ClH.2Zr/c2*1-13-10-14(12-19-4)17(20)16(11-13)18(2,3)15-8-6-5-7-9-15;;;;;;/h2*5-12,20H,1-4H3;4*1H;;/q;;;;;;2*+2/p-4. The van der Waals surface area contributed by atoms with E-state index in [9.17, 15) is 10.2 Å². The monoisotopic (exact) mass is 854 g/mol. The number of aryl methyl sites for hydroxylation is 2. The van der Waals surface area contributed by atoms with Gasteiger partial charge in [-0.3, -0.25) is 9.98 Å². The van der Waals surface area contributed by atoms with E-state index < -0.39 is 41.7 Å². The van der Waals surface area contributed by atoms with Gasteiger partial charge in [0.2, 0.25) is 0 Å². The van der Waals surface area contributed by atoms with Crippen LogP contribution in [0.1, 0.15) is 72.2 Å². The summed E-state index contributed by atoms with van der Waals surface area (Å²) in [5.74, 6) is 0.630. The normalized spacial score (nSPS) is 11.0. The molecular weight excluding hydrogens is 817 g/mol. The molecule has 0 aliphatic heterocycles. The van der Waals surface area contributed by atoms with Crippen LogP contribution in [0, 0.1) is 13.8 Å². The SMILES string of the molecule is CN=Cc1cc(C)cc(C(C)(C)c2ccccc2)c1O.CN=Cc1cc(C)cc(C(C)(C)c2ccccc2)c1O.[Cl][Zr][Cl].[Cl][Zr][Cl]. The second-order valence-electron chi connectivity index (χ2n) is 11.4. The molecule has 244 valence electrons. The number of aliphatic imine (C=N–C) groups is 2. The fourth-order valence-corrected chi connectivity index (χ4v) is 5.06. The van der Waals surface area contributed by atoms with E-state index in [2.05, 4.69) is 74.1 Å². The zero-order valence-corrected chi connectivity index (χ0v) is 35.5. The van der Waals surface area contributed by atoms with Gasteiger partial charge in [-0.25, -0.2) is 0 Å². The number of rotatable bonds is 6. The van der Waals surface area contributed by atoms with Crippen molar-refractivity contribution < 1.29 is 51.9 Å². The van der Waals surface area contributed by atoms with Crippen LogP contribution in [-0.2, 0) is 52.5 Å². The van der Waals surface area contributed by atoms with Gasteiger partial charge in [0, 0.05) is 59.6 Å². The topological polar surface area (TPSA) is 65.2 Å². The van der Waals surface area contributed by atoms with Crippen LogP contribution in [0.25, 0.3) is 0 Å². The molecule has 46 heavy (non-hydrogen) atoms. The molecule has 4 rings (SSSR count). The molecule has 4 nitrogen and oxygen atoms in total. The molecule has 0 radical (unpaired) electrons. The molecule has 2 N–H and O–H groups in total. The number of phenols is 2. The summed E-state index contributed by atoms with van der Waals surface area (Å²) in [5, 5.41) is 21.1. The Morgan fingerprint density at radius 3 is 1.11 bits per heavy atom. The predicted octanol–water partition coefficient (Wildman–Crippen LogP) is 10.9. The minimum absolute atomic E-state index is 0.256. The van der Waals surface area contributed by atoms with Gasteiger partial charge in [0.1, 0.15) is 11.5 Å². The van der Waals surface area contributed by atoms with Crippen molar-refractivity contribution in [1.29, 1.82) is 0 Å². The summed E-state index contributed by atoms with van der Waals surface area (Å²) in [4.78, 5) is 8.04. The molecule has 0 saturated heterocycles. The van der Waals surface area contributed by atoms with E-state index in [-0.39, 0.29) is 10.8 Å². The molecule has 10 heteroatoms. The Morgan fingerprint density at radius 1 is 0.565 bits per heavy atom. The summed E-state index contributed by atoms with van der Waals surface area (Å²) < 4.78 is 0. The zero-order chi connectivity index (χ0) is 34.9. The van der Waals surface area contributed by atoms with E-state index in [1.165, 1.54) is 11.1 Å². The van der Waals surface area contributed by atoms with Gasteiger partial charge in [-0.05, 0) is 48.2 Å². The number of phenolic OH excluding ortho intramolecular Hbond substituents is 2. The molecule has 0 saturated carbocycles. The van der Waals surface area contributed by atoms with Gasteiger partial charge in [-0.1, -0.05) is 100 Å². The molecular formula is C36H42Cl4N2O2Zr2. The number of benzene rings is 4. The van der Waals surface area contributed by atoms with Crippen LogP contribution in [0.15, 0.2) is 94.9 Å². The first kappa shape index (κ1) is 42.8. The van der Waals surface area contributed by atoms with Gasteiger partial charge in [0.15, 0.2) is 0 Å². The van der Waals surface area contributed by atoms with Crippen LogP contribution in [0.2, 0.25) is 0 Å². The Balaban J connectivity index is 0.000000393. The van der Waals surface area contributed by atoms with Gasteiger partial charge < -0.3 is 10.2 Å². The quantitative estimate of drug-likeness (QED) is 0.190. The number of hydrogen-bond acceptors (Lipinski definition) is 4. The number of hydrogen-bond donors (Lipinski definition) is 2.